The lowest BCUT2D eigenvalue weighted by Crippen LogP contribution is -2.06. The number of carbonyl (C=O) groups is 1. The first kappa shape index (κ1) is 19.8. The van der Waals surface area contributed by atoms with Gasteiger partial charge in [-0.15, -0.1) is 0 Å². The van der Waals surface area contributed by atoms with Crippen molar-refractivity contribution in [2.75, 3.05) is 0 Å². The highest BCUT2D eigenvalue weighted by Crippen LogP contribution is 2.26. The van der Waals surface area contributed by atoms with Crippen LogP contribution in [0.4, 0.5) is 0 Å². The normalized spacial score (nSPS) is 11.9. The number of aromatic nitrogens is 1. The molecule has 3 rings (SSSR count). The summed E-state index contributed by atoms with van der Waals surface area (Å²) in [6, 6.07) is 20.3. The van der Waals surface area contributed by atoms with Crippen LogP contribution in [0.5, 0.6) is 0 Å². The van der Waals surface area contributed by atoms with Crippen molar-refractivity contribution in [2.24, 2.45) is 0 Å². The molecule has 0 saturated carbocycles. The van der Waals surface area contributed by atoms with Gasteiger partial charge in [0.2, 0.25) is 0 Å². The molecule has 144 valence electrons. The lowest BCUT2D eigenvalue weighted by Gasteiger charge is -2.09. The van der Waals surface area contributed by atoms with E-state index >= 15 is 0 Å². The predicted octanol–water partition coefficient (Wildman–Crippen LogP) is 6.34. The lowest BCUT2D eigenvalue weighted by atomic mass is 9.97. The van der Waals surface area contributed by atoms with Crippen molar-refractivity contribution in [2.45, 2.75) is 45.4 Å². The molecule has 0 amide bonds. The number of aryl methyl sites for hydroxylation is 1. The molecule has 0 aliphatic carbocycles. The molecule has 1 N–H and O–H groups in total. The fraction of sp³-hybridized carbons (Fsp3) is 0.280. The van der Waals surface area contributed by atoms with Crippen molar-refractivity contribution >= 4 is 5.97 Å². The van der Waals surface area contributed by atoms with Gasteiger partial charge < -0.3 is 5.11 Å². The number of aliphatic carboxylic acids is 1. The van der Waals surface area contributed by atoms with E-state index in [9.17, 15) is 4.79 Å². The number of hydrogen-bond acceptors (Lipinski definition) is 2. The average Bonchev–Trinajstić information content (AvgIpc) is 2.74. The monoisotopic (exact) mass is 373 g/mol. The molecule has 1 unspecified atom stereocenters. The Balaban J connectivity index is 1.70. The van der Waals surface area contributed by atoms with Crippen LogP contribution in [0.15, 0.2) is 66.9 Å². The van der Waals surface area contributed by atoms with Gasteiger partial charge in [0.05, 0.1) is 11.6 Å². The highest BCUT2D eigenvalue weighted by molar-refractivity contribution is 5.76. The number of pyridine rings is 1. The van der Waals surface area contributed by atoms with Gasteiger partial charge in [-0.2, -0.15) is 0 Å². The summed E-state index contributed by atoms with van der Waals surface area (Å²) in [6.07, 6.45) is 6.80. The maximum atomic E-state index is 11.1. The minimum absolute atomic E-state index is 0.493. The van der Waals surface area contributed by atoms with Crippen LogP contribution in [-0.4, -0.2) is 16.1 Å². The first-order chi connectivity index (χ1) is 13.6. The van der Waals surface area contributed by atoms with Gasteiger partial charge in [0.1, 0.15) is 0 Å². The van der Waals surface area contributed by atoms with Gasteiger partial charge in [-0.3, -0.25) is 9.78 Å². The van der Waals surface area contributed by atoms with E-state index in [2.05, 4.69) is 48.3 Å². The van der Waals surface area contributed by atoms with E-state index in [-0.39, 0.29) is 0 Å². The summed E-state index contributed by atoms with van der Waals surface area (Å²) in [6.45, 7) is 3.92. The first-order valence-electron chi connectivity index (χ1n) is 9.97. The van der Waals surface area contributed by atoms with Crippen molar-refractivity contribution in [3.8, 4) is 22.4 Å². The third-order valence-corrected chi connectivity index (χ3v) is 5.19. The fourth-order valence-corrected chi connectivity index (χ4v) is 3.26. The summed E-state index contributed by atoms with van der Waals surface area (Å²) in [5, 5.41) is 9.13. The van der Waals surface area contributed by atoms with Gasteiger partial charge >= 0.3 is 5.97 Å². The summed E-state index contributed by atoms with van der Waals surface area (Å²) >= 11 is 0. The van der Waals surface area contributed by atoms with Gasteiger partial charge in [0, 0.05) is 11.8 Å². The molecule has 1 aromatic heterocycles. The second kappa shape index (κ2) is 9.32. The Morgan fingerprint density at radius 2 is 1.50 bits per heavy atom. The van der Waals surface area contributed by atoms with Crippen molar-refractivity contribution in [1.82, 2.24) is 4.98 Å². The average molecular weight is 373 g/mol. The molecule has 0 spiro atoms. The Kier molecular flexibility index (Phi) is 6.59. The van der Waals surface area contributed by atoms with Crippen LogP contribution in [-0.2, 0) is 11.2 Å². The third-order valence-electron chi connectivity index (χ3n) is 5.19. The molecule has 0 aliphatic rings. The Morgan fingerprint density at radius 1 is 0.893 bits per heavy atom. The molecule has 28 heavy (non-hydrogen) atoms. The van der Waals surface area contributed by atoms with Gasteiger partial charge in [0.25, 0.3) is 0 Å². The van der Waals surface area contributed by atoms with Crippen LogP contribution in [0.2, 0.25) is 0 Å². The largest absolute Gasteiger partial charge is 0.481 e. The smallest absolute Gasteiger partial charge is 0.310 e. The first-order valence-corrected chi connectivity index (χ1v) is 9.97. The molecule has 1 heterocycles. The number of carboxylic acids is 1. The molecule has 0 aliphatic heterocycles. The van der Waals surface area contributed by atoms with Crippen LogP contribution in [0, 0.1) is 0 Å². The summed E-state index contributed by atoms with van der Waals surface area (Å²) in [7, 11) is 0. The van der Waals surface area contributed by atoms with Gasteiger partial charge in [-0.25, -0.2) is 0 Å². The fourth-order valence-electron chi connectivity index (χ4n) is 3.26. The number of benzene rings is 2. The molecular formula is C25H27NO2. The summed E-state index contributed by atoms with van der Waals surface area (Å²) in [4.78, 5) is 15.7. The van der Waals surface area contributed by atoms with E-state index in [0.29, 0.717) is 0 Å². The summed E-state index contributed by atoms with van der Waals surface area (Å²) < 4.78 is 0. The maximum absolute atomic E-state index is 11.1. The molecule has 0 saturated heterocycles. The van der Waals surface area contributed by atoms with E-state index in [1.165, 1.54) is 24.8 Å². The second-order valence-electron chi connectivity index (χ2n) is 7.27. The molecule has 3 nitrogen and oxygen atoms in total. The van der Waals surface area contributed by atoms with Crippen LogP contribution in [0.1, 0.15) is 50.2 Å². The Morgan fingerprint density at radius 3 is 2.04 bits per heavy atom. The summed E-state index contributed by atoms with van der Waals surface area (Å²) in [5.41, 5.74) is 6.37. The van der Waals surface area contributed by atoms with E-state index in [4.69, 9.17) is 5.11 Å². The van der Waals surface area contributed by atoms with Crippen LogP contribution in [0.25, 0.3) is 22.4 Å². The second-order valence-corrected chi connectivity index (χ2v) is 7.27. The number of nitrogens with zero attached hydrogens (tertiary/aromatic N) is 1. The topological polar surface area (TPSA) is 50.2 Å². The Labute approximate surface area is 167 Å². The zero-order chi connectivity index (χ0) is 19.9. The lowest BCUT2D eigenvalue weighted by molar-refractivity contribution is -0.138. The maximum Gasteiger partial charge on any atom is 0.310 e. The van der Waals surface area contributed by atoms with Gasteiger partial charge in [0.15, 0.2) is 0 Å². The third kappa shape index (κ3) is 4.86. The van der Waals surface area contributed by atoms with Gasteiger partial charge in [-0.05, 0) is 48.1 Å². The molecule has 3 aromatic rings. The number of rotatable bonds is 8. The van der Waals surface area contributed by atoms with Crippen LogP contribution < -0.4 is 0 Å². The van der Waals surface area contributed by atoms with Gasteiger partial charge in [-0.1, -0.05) is 74.4 Å². The number of hydrogen-bond donors (Lipinski definition) is 1. The van der Waals surface area contributed by atoms with Crippen molar-refractivity contribution < 1.29 is 9.90 Å². The zero-order valence-electron chi connectivity index (χ0n) is 16.6. The van der Waals surface area contributed by atoms with Crippen molar-refractivity contribution in [3.63, 3.8) is 0 Å². The molecule has 3 heteroatoms. The zero-order valence-corrected chi connectivity index (χ0v) is 16.6. The van der Waals surface area contributed by atoms with Crippen molar-refractivity contribution in [3.05, 3.63) is 78.0 Å². The quantitative estimate of drug-likeness (QED) is 0.469. The highest BCUT2D eigenvalue weighted by atomic mass is 16.4. The minimum Gasteiger partial charge on any atom is -0.481 e. The molecule has 0 fully saturated rings. The van der Waals surface area contributed by atoms with Crippen LogP contribution in [0.3, 0.4) is 0 Å². The molecule has 0 radical (unpaired) electrons. The van der Waals surface area contributed by atoms with Crippen molar-refractivity contribution in [1.29, 1.82) is 0 Å². The Hall–Kier alpha value is -2.94. The summed E-state index contributed by atoms with van der Waals surface area (Å²) in [5.74, 6) is -1.30. The van der Waals surface area contributed by atoms with E-state index in [0.717, 1.165) is 34.4 Å². The molecule has 1 atom stereocenters. The standard InChI is InChI=1S/C25H27NO2/c1-3-4-5-6-19-7-16-24(26-17-19)23-14-12-22(13-15-23)21-10-8-20(9-11-21)18(2)25(27)28/h7-18H,3-6H2,1-2H3,(H,27,28). The highest BCUT2D eigenvalue weighted by Gasteiger charge is 2.13. The Bertz CT molecular complexity index is 897. The molecule has 0 bridgehead atoms. The number of unbranched alkanes of at least 4 members (excludes halogenated alkanes) is 2. The van der Waals surface area contributed by atoms with E-state index < -0.39 is 11.9 Å². The predicted molar refractivity (Wildman–Crippen MR) is 114 cm³/mol. The van der Waals surface area contributed by atoms with Crippen LogP contribution >= 0.6 is 0 Å². The number of carboxylic acid groups (broad SMARTS) is 1. The van der Waals surface area contributed by atoms with E-state index in [1.54, 1.807) is 6.92 Å². The SMILES string of the molecule is CCCCCc1ccc(-c2ccc(-c3ccc(C(C)C(=O)O)cc3)cc2)nc1. The van der Waals surface area contributed by atoms with E-state index in [1.807, 2.05) is 30.5 Å². The molecule has 2 aromatic carbocycles. The molecular weight excluding hydrogens is 346 g/mol. The minimum atomic E-state index is -0.805.